The predicted octanol–water partition coefficient (Wildman–Crippen LogP) is 2.49. The first kappa shape index (κ1) is 12.6. The number of aromatic nitrogens is 1. The number of anilines is 1. The van der Waals surface area contributed by atoms with Crippen LogP contribution < -0.4 is 10.6 Å². The summed E-state index contributed by atoms with van der Waals surface area (Å²) >= 11 is 0. The van der Waals surface area contributed by atoms with E-state index >= 15 is 0 Å². The highest BCUT2D eigenvalue weighted by Gasteiger charge is 2.07. The van der Waals surface area contributed by atoms with E-state index < -0.39 is 0 Å². The van der Waals surface area contributed by atoms with Gasteiger partial charge in [-0.25, -0.2) is 0 Å². The molecule has 2 N–H and O–H groups in total. The van der Waals surface area contributed by atoms with Crippen LogP contribution >= 0.6 is 0 Å². The van der Waals surface area contributed by atoms with Crippen molar-refractivity contribution in [2.45, 2.75) is 20.0 Å². The Kier molecular flexibility index (Phi) is 3.95. The van der Waals surface area contributed by atoms with Crippen molar-refractivity contribution < 1.29 is 0 Å². The quantitative estimate of drug-likeness (QED) is 0.894. The topological polar surface area (TPSA) is 42.2 Å². The summed E-state index contributed by atoms with van der Waals surface area (Å²) in [4.78, 5) is 6.50. The molecule has 2 aromatic rings. The molecule has 18 heavy (non-hydrogen) atoms. The summed E-state index contributed by atoms with van der Waals surface area (Å²) in [5.41, 5.74) is 10.3. The van der Waals surface area contributed by atoms with E-state index in [0.717, 1.165) is 17.9 Å². The number of benzene rings is 1. The fraction of sp³-hybridized carbons (Fsp3) is 0.267. The molecule has 0 fully saturated rings. The van der Waals surface area contributed by atoms with Crippen LogP contribution in [-0.4, -0.2) is 12.0 Å². The van der Waals surface area contributed by atoms with E-state index in [1.807, 2.05) is 6.07 Å². The van der Waals surface area contributed by atoms with Crippen LogP contribution in [0.25, 0.3) is 0 Å². The minimum atomic E-state index is 0.467. The second kappa shape index (κ2) is 5.65. The smallest absolute Gasteiger partial charge is 0.0772 e. The van der Waals surface area contributed by atoms with E-state index in [1.165, 1.54) is 11.1 Å². The average molecular weight is 241 g/mol. The lowest BCUT2D eigenvalue weighted by molar-refractivity contribution is 0.883. The monoisotopic (exact) mass is 241 g/mol. The van der Waals surface area contributed by atoms with Gasteiger partial charge in [-0.2, -0.15) is 0 Å². The van der Waals surface area contributed by atoms with E-state index in [0.29, 0.717) is 6.54 Å². The van der Waals surface area contributed by atoms with Crippen LogP contribution in [0.3, 0.4) is 0 Å². The third-order valence-electron chi connectivity index (χ3n) is 2.97. The predicted molar refractivity (Wildman–Crippen MR) is 75.4 cm³/mol. The van der Waals surface area contributed by atoms with Crippen LogP contribution in [0.5, 0.6) is 0 Å². The molecule has 0 aliphatic carbocycles. The average Bonchev–Trinajstić information content (AvgIpc) is 2.38. The zero-order valence-corrected chi connectivity index (χ0v) is 10.9. The summed E-state index contributed by atoms with van der Waals surface area (Å²) in [6, 6.07) is 12.5. The molecule has 0 bridgehead atoms. The molecular formula is C15H19N3. The van der Waals surface area contributed by atoms with Crippen molar-refractivity contribution in [3.8, 4) is 0 Å². The normalized spacial score (nSPS) is 10.4. The maximum atomic E-state index is 5.72. The Morgan fingerprint density at radius 2 is 2.06 bits per heavy atom. The molecule has 0 spiro atoms. The number of aryl methyl sites for hydroxylation is 1. The van der Waals surface area contributed by atoms with Gasteiger partial charge in [-0.15, -0.1) is 0 Å². The van der Waals surface area contributed by atoms with Gasteiger partial charge in [0.05, 0.1) is 11.4 Å². The molecule has 1 aromatic heterocycles. The van der Waals surface area contributed by atoms with Crippen LogP contribution in [0.1, 0.15) is 16.8 Å². The maximum Gasteiger partial charge on any atom is 0.0772 e. The fourth-order valence-corrected chi connectivity index (χ4v) is 2.10. The Hall–Kier alpha value is -1.87. The van der Waals surface area contributed by atoms with Crippen molar-refractivity contribution in [2.24, 2.45) is 5.73 Å². The zero-order chi connectivity index (χ0) is 13.0. The van der Waals surface area contributed by atoms with Crippen molar-refractivity contribution in [2.75, 3.05) is 11.9 Å². The molecule has 3 heteroatoms. The summed E-state index contributed by atoms with van der Waals surface area (Å²) in [5.74, 6) is 0. The highest BCUT2D eigenvalue weighted by molar-refractivity contribution is 5.50. The molecule has 0 unspecified atom stereocenters. The number of hydrogen-bond acceptors (Lipinski definition) is 3. The van der Waals surface area contributed by atoms with Gasteiger partial charge < -0.3 is 10.6 Å². The van der Waals surface area contributed by atoms with Gasteiger partial charge in [-0.05, 0) is 24.6 Å². The Labute approximate surface area is 108 Å². The summed E-state index contributed by atoms with van der Waals surface area (Å²) in [6.45, 7) is 3.44. The molecule has 0 saturated heterocycles. The highest BCUT2D eigenvalue weighted by atomic mass is 15.1. The van der Waals surface area contributed by atoms with Gasteiger partial charge in [0.2, 0.25) is 0 Å². The number of pyridine rings is 1. The van der Waals surface area contributed by atoms with Crippen LogP contribution in [0.15, 0.2) is 42.6 Å². The third kappa shape index (κ3) is 2.87. The Balaban J connectivity index is 2.19. The Morgan fingerprint density at radius 3 is 2.78 bits per heavy atom. The highest BCUT2D eigenvalue weighted by Crippen LogP contribution is 2.18. The second-order valence-electron chi connectivity index (χ2n) is 4.52. The maximum absolute atomic E-state index is 5.72. The molecule has 0 aliphatic rings. The molecule has 0 amide bonds. The van der Waals surface area contributed by atoms with Crippen molar-refractivity contribution in [3.05, 3.63) is 59.4 Å². The molecule has 1 heterocycles. The molecule has 0 radical (unpaired) electrons. The van der Waals surface area contributed by atoms with Crippen molar-refractivity contribution in [3.63, 3.8) is 0 Å². The van der Waals surface area contributed by atoms with E-state index in [2.05, 4.69) is 54.2 Å². The first-order chi connectivity index (χ1) is 8.70. The third-order valence-corrected chi connectivity index (χ3v) is 2.97. The van der Waals surface area contributed by atoms with Crippen molar-refractivity contribution in [1.29, 1.82) is 0 Å². The molecule has 0 saturated carbocycles. The zero-order valence-electron chi connectivity index (χ0n) is 10.9. The largest absolute Gasteiger partial charge is 0.369 e. The molecule has 3 nitrogen and oxygen atoms in total. The molecular weight excluding hydrogens is 222 g/mol. The van der Waals surface area contributed by atoms with E-state index in [-0.39, 0.29) is 0 Å². The van der Waals surface area contributed by atoms with Crippen LogP contribution in [0.2, 0.25) is 0 Å². The summed E-state index contributed by atoms with van der Waals surface area (Å²) < 4.78 is 0. The lowest BCUT2D eigenvalue weighted by atomic mass is 10.1. The Morgan fingerprint density at radius 1 is 1.22 bits per heavy atom. The summed E-state index contributed by atoms with van der Waals surface area (Å²) in [7, 11) is 2.07. The second-order valence-corrected chi connectivity index (χ2v) is 4.52. The van der Waals surface area contributed by atoms with Crippen LogP contribution in [-0.2, 0) is 13.1 Å². The SMILES string of the molecule is Cc1cccc(CN(C)c2cccnc2CN)c1. The molecule has 1 aromatic carbocycles. The van der Waals surface area contributed by atoms with Gasteiger partial charge in [0.15, 0.2) is 0 Å². The van der Waals surface area contributed by atoms with Gasteiger partial charge in [-0.3, -0.25) is 4.98 Å². The van der Waals surface area contributed by atoms with Gasteiger partial charge in [-0.1, -0.05) is 29.8 Å². The minimum absolute atomic E-state index is 0.467. The van der Waals surface area contributed by atoms with E-state index in [1.54, 1.807) is 6.20 Å². The number of hydrogen-bond donors (Lipinski definition) is 1. The number of nitrogens with zero attached hydrogens (tertiary/aromatic N) is 2. The van der Waals surface area contributed by atoms with Crippen LogP contribution in [0.4, 0.5) is 5.69 Å². The van der Waals surface area contributed by atoms with Crippen molar-refractivity contribution >= 4 is 5.69 Å². The first-order valence-corrected chi connectivity index (χ1v) is 6.11. The molecule has 2 rings (SSSR count). The molecule has 0 atom stereocenters. The summed E-state index contributed by atoms with van der Waals surface area (Å²) in [5, 5.41) is 0. The van der Waals surface area contributed by atoms with Crippen LogP contribution in [0, 0.1) is 6.92 Å². The van der Waals surface area contributed by atoms with Gasteiger partial charge >= 0.3 is 0 Å². The Bertz CT molecular complexity index is 523. The van der Waals surface area contributed by atoms with Gasteiger partial charge in [0.25, 0.3) is 0 Å². The van der Waals surface area contributed by atoms with Gasteiger partial charge in [0, 0.05) is 26.3 Å². The van der Waals surface area contributed by atoms with E-state index in [4.69, 9.17) is 5.73 Å². The minimum Gasteiger partial charge on any atom is -0.369 e. The fourth-order valence-electron chi connectivity index (χ4n) is 2.10. The molecule has 0 aliphatic heterocycles. The standard InChI is InChI=1S/C15H19N3/c1-12-5-3-6-13(9-12)11-18(2)15-7-4-8-17-14(15)10-16/h3-9H,10-11,16H2,1-2H3. The molecule has 94 valence electrons. The summed E-state index contributed by atoms with van der Waals surface area (Å²) in [6.07, 6.45) is 1.78. The lowest BCUT2D eigenvalue weighted by Gasteiger charge is -2.21. The van der Waals surface area contributed by atoms with E-state index in [9.17, 15) is 0 Å². The number of nitrogens with two attached hydrogens (primary N) is 1. The number of rotatable bonds is 4. The first-order valence-electron chi connectivity index (χ1n) is 6.11. The van der Waals surface area contributed by atoms with Gasteiger partial charge in [0.1, 0.15) is 0 Å². The van der Waals surface area contributed by atoms with Crippen molar-refractivity contribution in [1.82, 2.24) is 4.98 Å². The lowest BCUT2D eigenvalue weighted by Crippen LogP contribution is -2.19.